The molecule has 0 aliphatic heterocycles. The van der Waals surface area contributed by atoms with Crippen molar-refractivity contribution in [2.45, 2.75) is 19.7 Å². The van der Waals surface area contributed by atoms with Gasteiger partial charge in [-0.15, -0.1) is 13.2 Å². The van der Waals surface area contributed by atoms with Crippen LogP contribution in [-0.2, 0) is 6.42 Å². The molecule has 23 heavy (non-hydrogen) atoms. The van der Waals surface area contributed by atoms with Gasteiger partial charge in [0.05, 0.1) is 12.4 Å². The standard InChI is InChI=1S/C17H15F3N2O/c1-2-13-3-5-14(6-4-13)11-21-22-12-15-7-9-16(10-8-15)23-17(18,19)20/h3-12H,2H2,1H3/b21-11+,22-12-. The number of aryl methyl sites for hydroxylation is 1. The molecule has 0 amide bonds. The van der Waals surface area contributed by atoms with Crippen LogP contribution in [0.3, 0.4) is 0 Å². The Balaban J connectivity index is 1.93. The van der Waals surface area contributed by atoms with E-state index in [0.717, 1.165) is 12.0 Å². The van der Waals surface area contributed by atoms with E-state index in [-0.39, 0.29) is 5.75 Å². The van der Waals surface area contributed by atoms with Gasteiger partial charge in [0, 0.05) is 0 Å². The van der Waals surface area contributed by atoms with Crippen molar-refractivity contribution in [3.63, 3.8) is 0 Å². The van der Waals surface area contributed by atoms with Crippen LogP contribution in [0, 0.1) is 0 Å². The van der Waals surface area contributed by atoms with Crippen molar-refractivity contribution in [1.29, 1.82) is 0 Å². The lowest BCUT2D eigenvalue weighted by atomic mass is 10.1. The summed E-state index contributed by atoms with van der Waals surface area (Å²) in [5.74, 6) is -0.269. The van der Waals surface area contributed by atoms with Crippen molar-refractivity contribution in [3.8, 4) is 5.75 Å². The number of benzene rings is 2. The molecule has 2 aromatic carbocycles. The van der Waals surface area contributed by atoms with Gasteiger partial charge in [-0.2, -0.15) is 10.2 Å². The smallest absolute Gasteiger partial charge is 0.406 e. The summed E-state index contributed by atoms with van der Waals surface area (Å²) in [5, 5.41) is 7.77. The highest BCUT2D eigenvalue weighted by Gasteiger charge is 2.30. The second kappa shape index (κ2) is 7.58. The largest absolute Gasteiger partial charge is 0.573 e. The van der Waals surface area contributed by atoms with E-state index >= 15 is 0 Å². The predicted octanol–water partition coefficient (Wildman–Crippen LogP) is 4.60. The van der Waals surface area contributed by atoms with Gasteiger partial charge in [-0.25, -0.2) is 0 Å². The van der Waals surface area contributed by atoms with Crippen molar-refractivity contribution >= 4 is 12.4 Å². The van der Waals surface area contributed by atoms with Crippen LogP contribution in [0.4, 0.5) is 13.2 Å². The normalized spacial score (nSPS) is 12.2. The molecule has 0 aliphatic rings. The van der Waals surface area contributed by atoms with Gasteiger partial charge in [0.15, 0.2) is 0 Å². The van der Waals surface area contributed by atoms with Crippen LogP contribution in [-0.4, -0.2) is 18.8 Å². The second-order valence-corrected chi connectivity index (χ2v) is 4.70. The quantitative estimate of drug-likeness (QED) is 0.585. The Morgan fingerprint density at radius 2 is 1.35 bits per heavy atom. The molecule has 0 fully saturated rings. The van der Waals surface area contributed by atoms with E-state index in [4.69, 9.17) is 0 Å². The van der Waals surface area contributed by atoms with E-state index in [2.05, 4.69) is 21.9 Å². The second-order valence-electron chi connectivity index (χ2n) is 4.70. The third-order valence-electron chi connectivity index (χ3n) is 2.98. The maximum absolute atomic E-state index is 12.0. The summed E-state index contributed by atoms with van der Waals surface area (Å²) in [6.07, 6.45) is -0.651. The number of nitrogens with zero attached hydrogens (tertiary/aromatic N) is 2. The first-order chi connectivity index (χ1) is 11.0. The molecule has 0 heterocycles. The van der Waals surface area contributed by atoms with E-state index in [1.165, 1.54) is 36.0 Å². The van der Waals surface area contributed by atoms with Gasteiger partial charge >= 0.3 is 6.36 Å². The maximum Gasteiger partial charge on any atom is 0.573 e. The van der Waals surface area contributed by atoms with E-state index in [0.29, 0.717) is 5.56 Å². The van der Waals surface area contributed by atoms with E-state index < -0.39 is 6.36 Å². The minimum Gasteiger partial charge on any atom is -0.406 e. The van der Waals surface area contributed by atoms with Crippen molar-refractivity contribution in [3.05, 3.63) is 65.2 Å². The molecular formula is C17H15F3N2O. The zero-order valence-corrected chi connectivity index (χ0v) is 12.4. The lowest BCUT2D eigenvalue weighted by Gasteiger charge is -2.08. The van der Waals surface area contributed by atoms with Crippen LogP contribution in [0.15, 0.2) is 58.7 Å². The van der Waals surface area contributed by atoms with Gasteiger partial charge in [-0.3, -0.25) is 0 Å². The van der Waals surface area contributed by atoms with E-state index in [1.54, 1.807) is 6.21 Å². The summed E-state index contributed by atoms with van der Waals surface area (Å²) in [6.45, 7) is 2.08. The van der Waals surface area contributed by atoms with Crippen LogP contribution in [0.5, 0.6) is 5.75 Å². The first-order valence-electron chi connectivity index (χ1n) is 6.97. The highest BCUT2D eigenvalue weighted by molar-refractivity contribution is 5.82. The zero-order chi connectivity index (χ0) is 16.7. The summed E-state index contributed by atoms with van der Waals surface area (Å²) in [7, 11) is 0. The van der Waals surface area contributed by atoms with Crippen molar-refractivity contribution in [1.82, 2.24) is 0 Å². The SMILES string of the molecule is CCc1ccc(/C=N/N=C\c2ccc(OC(F)(F)F)cc2)cc1. The number of hydrogen-bond donors (Lipinski definition) is 0. The van der Waals surface area contributed by atoms with E-state index in [9.17, 15) is 13.2 Å². The van der Waals surface area contributed by atoms with Crippen LogP contribution >= 0.6 is 0 Å². The number of ether oxygens (including phenoxy) is 1. The summed E-state index contributed by atoms with van der Waals surface area (Å²) in [5.41, 5.74) is 2.79. The molecule has 0 spiro atoms. The van der Waals surface area contributed by atoms with Gasteiger partial charge < -0.3 is 4.74 Å². The molecule has 0 bridgehead atoms. The van der Waals surface area contributed by atoms with Gasteiger partial charge in [0.2, 0.25) is 0 Å². The molecule has 0 unspecified atom stereocenters. The third-order valence-corrected chi connectivity index (χ3v) is 2.98. The molecule has 2 aromatic rings. The van der Waals surface area contributed by atoms with Crippen molar-refractivity contribution in [2.24, 2.45) is 10.2 Å². The van der Waals surface area contributed by atoms with Crippen LogP contribution in [0.25, 0.3) is 0 Å². The fourth-order valence-corrected chi connectivity index (χ4v) is 1.79. The Kier molecular flexibility index (Phi) is 5.51. The number of hydrogen-bond acceptors (Lipinski definition) is 3. The predicted molar refractivity (Wildman–Crippen MR) is 84.1 cm³/mol. The Morgan fingerprint density at radius 3 is 1.78 bits per heavy atom. The highest BCUT2D eigenvalue weighted by Crippen LogP contribution is 2.22. The number of alkyl halides is 3. The molecule has 0 saturated heterocycles. The molecule has 0 saturated carbocycles. The molecular weight excluding hydrogens is 305 g/mol. The first-order valence-corrected chi connectivity index (χ1v) is 6.97. The van der Waals surface area contributed by atoms with Crippen LogP contribution in [0.2, 0.25) is 0 Å². The molecule has 0 aromatic heterocycles. The van der Waals surface area contributed by atoms with E-state index in [1.807, 2.05) is 24.3 Å². The monoisotopic (exact) mass is 320 g/mol. The maximum atomic E-state index is 12.0. The fraction of sp³-hybridized carbons (Fsp3) is 0.176. The summed E-state index contributed by atoms with van der Waals surface area (Å²) >= 11 is 0. The molecule has 0 aliphatic carbocycles. The topological polar surface area (TPSA) is 34.0 Å². The molecule has 120 valence electrons. The van der Waals surface area contributed by atoms with Gasteiger partial charge in [0.25, 0.3) is 0 Å². The summed E-state index contributed by atoms with van der Waals surface area (Å²) in [6, 6.07) is 13.3. The molecule has 0 N–H and O–H groups in total. The van der Waals surface area contributed by atoms with Gasteiger partial charge in [0.1, 0.15) is 5.75 Å². The minimum atomic E-state index is -4.69. The van der Waals surface area contributed by atoms with Crippen molar-refractivity contribution < 1.29 is 17.9 Å². The molecule has 3 nitrogen and oxygen atoms in total. The summed E-state index contributed by atoms with van der Waals surface area (Å²) in [4.78, 5) is 0. The first kappa shape index (κ1) is 16.7. The average molecular weight is 320 g/mol. The molecule has 6 heteroatoms. The molecule has 2 rings (SSSR count). The fourth-order valence-electron chi connectivity index (χ4n) is 1.79. The molecule has 0 atom stereocenters. The third kappa shape index (κ3) is 5.94. The Hall–Kier alpha value is -2.63. The number of halogens is 3. The van der Waals surface area contributed by atoms with Crippen LogP contribution < -0.4 is 4.74 Å². The lowest BCUT2D eigenvalue weighted by Crippen LogP contribution is -2.16. The van der Waals surface area contributed by atoms with Crippen LogP contribution in [0.1, 0.15) is 23.6 Å². The highest BCUT2D eigenvalue weighted by atomic mass is 19.4. The zero-order valence-electron chi connectivity index (χ0n) is 12.4. The Labute approximate surface area is 132 Å². The summed E-state index contributed by atoms with van der Waals surface area (Å²) < 4.78 is 39.9. The molecule has 0 radical (unpaired) electrons. The minimum absolute atomic E-state index is 0.269. The number of rotatable bonds is 5. The average Bonchev–Trinajstić information content (AvgIpc) is 2.52. The Morgan fingerprint density at radius 1 is 0.870 bits per heavy atom. The lowest BCUT2D eigenvalue weighted by molar-refractivity contribution is -0.274. The van der Waals surface area contributed by atoms with Crippen molar-refractivity contribution in [2.75, 3.05) is 0 Å². The van der Waals surface area contributed by atoms with Gasteiger partial charge in [-0.1, -0.05) is 31.2 Å². The van der Waals surface area contributed by atoms with Gasteiger partial charge in [-0.05, 0) is 47.4 Å². The Bertz CT molecular complexity index is 674.